The number of hydrogen-bond donors (Lipinski definition) is 0. The molecule has 9 heteroatoms. The van der Waals surface area contributed by atoms with E-state index in [2.05, 4.69) is 23.6 Å². The predicted molar refractivity (Wildman–Crippen MR) is 108 cm³/mol. The summed E-state index contributed by atoms with van der Waals surface area (Å²) in [5.74, 6) is -2.16. The Balaban J connectivity index is 1.52. The van der Waals surface area contributed by atoms with E-state index in [1.165, 1.54) is 18.6 Å². The van der Waals surface area contributed by atoms with E-state index in [0.717, 1.165) is 31.9 Å². The maximum Gasteiger partial charge on any atom is 0.341 e. The van der Waals surface area contributed by atoms with Crippen molar-refractivity contribution in [3.05, 3.63) is 24.3 Å². The lowest BCUT2D eigenvalue weighted by molar-refractivity contribution is -0.135. The Morgan fingerprint density at radius 3 is 2.10 bits per heavy atom. The molecule has 2 aliphatic heterocycles. The first-order valence-electron chi connectivity index (χ1n) is 10.0. The molecule has 6 nitrogen and oxygen atoms in total. The number of benzene rings is 1. The fourth-order valence-electron chi connectivity index (χ4n) is 4.27. The minimum atomic E-state index is -4.57. The van der Waals surface area contributed by atoms with Crippen LogP contribution in [0.5, 0.6) is 0 Å². The highest BCUT2D eigenvalue weighted by Gasteiger charge is 2.28. The van der Waals surface area contributed by atoms with Gasteiger partial charge in [0.15, 0.2) is 0 Å². The van der Waals surface area contributed by atoms with Crippen LogP contribution in [0.25, 0.3) is 0 Å². The smallest absolute Gasteiger partial charge is 0.341 e. The molecule has 162 valence electrons. The number of carbonyl (C=O) groups is 1. The van der Waals surface area contributed by atoms with Crippen LogP contribution >= 0.6 is 0 Å². The van der Waals surface area contributed by atoms with Crippen molar-refractivity contribution in [2.45, 2.75) is 30.9 Å². The molecule has 2 saturated heterocycles. The second-order valence-corrected chi connectivity index (χ2v) is 10.2. The van der Waals surface area contributed by atoms with Gasteiger partial charge >= 0.3 is 5.76 Å². The summed E-state index contributed by atoms with van der Waals surface area (Å²) < 4.78 is 48.3. The van der Waals surface area contributed by atoms with Crippen LogP contribution in [0.4, 0.5) is 14.5 Å². The summed E-state index contributed by atoms with van der Waals surface area (Å²) in [6.45, 7) is 9.29. The SMILES string of the molecule is CC1CC(C)CN(C(=O)CN2CCN(c3ccc(S(=O)(=O)C(F)F)cc3)CC2)C1. The van der Waals surface area contributed by atoms with Gasteiger partial charge in [-0.3, -0.25) is 9.69 Å². The highest BCUT2D eigenvalue weighted by Crippen LogP contribution is 2.24. The summed E-state index contributed by atoms with van der Waals surface area (Å²) in [5, 5.41) is 0. The van der Waals surface area contributed by atoms with Gasteiger partial charge in [0, 0.05) is 45.0 Å². The zero-order chi connectivity index (χ0) is 21.2. The van der Waals surface area contributed by atoms with Crippen molar-refractivity contribution in [3.8, 4) is 0 Å². The van der Waals surface area contributed by atoms with Gasteiger partial charge < -0.3 is 9.80 Å². The number of alkyl halides is 2. The molecule has 29 heavy (non-hydrogen) atoms. The van der Waals surface area contributed by atoms with Gasteiger partial charge in [-0.1, -0.05) is 13.8 Å². The molecule has 0 saturated carbocycles. The highest BCUT2D eigenvalue weighted by molar-refractivity contribution is 7.91. The van der Waals surface area contributed by atoms with E-state index in [4.69, 9.17) is 0 Å². The topological polar surface area (TPSA) is 60.9 Å². The molecule has 1 aromatic rings. The van der Waals surface area contributed by atoms with Crippen LogP contribution in [0, 0.1) is 11.8 Å². The number of piperidine rings is 1. The fraction of sp³-hybridized carbons (Fsp3) is 0.650. The molecule has 3 rings (SSSR count). The van der Waals surface area contributed by atoms with Crippen LogP contribution in [-0.2, 0) is 14.6 Å². The largest absolute Gasteiger partial charge is 0.369 e. The van der Waals surface area contributed by atoms with Gasteiger partial charge in [-0.25, -0.2) is 8.42 Å². The predicted octanol–water partition coefficient (Wildman–Crippen LogP) is 2.31. The monoisotopic (exact) mass is 429 g/mol. The average molecular weight is 430 g/mol. The summed E-state index contributed by atoms with van der Waals surface area (Å²) in [6.07, 6.45) is 1.17. The molecule has 0 spiro atoms. The summed E-state index contributed by atoms with van der Waals surface area (Å²) in [7, 11) is -4.57. The second kappa shape index (κ2) is 8.95. The maximum absolute atomic E-state index is 12.6. The van der Waals surface area contributed by atoms with Gasteiger partial charge in [0.25, 0.3) is 0 Å². The zero-order valence-corrected chi connectivity index (χ0v) is 17.7. The molecule has 0 aromatic heterocycles. The van der Waals surface area contributed by atoms with Crippen molar-refractivity contribution in [1.82, 2.24) is 9.80 Å². The van der Waals surface area contributed by atoms with E-state index in [-0.39, 0.29) is 10.8 Å². The van der Waals surface area contributed by atoms with E-state index in [1.54, 1.807) is 12.1 Å². The van der Waals surface area contributed by atoms with E-state index in [0.29, 0.717) is 31.5 Å². The Kier molecular flexibility index (Phi) is 6.78. The van der Waals surface area contributed by atoms with Crippen molar-refractivity contribution < 1.29 is 22.0 Å². The first kappa shape index (κ1) is 22.0. The number of likely N-dealkylation sites (tertiary alicyclic amines) is 1. The third-order valence-electron chi connectivity index (χ3n) is 5.72. The molecule has 1 aromatic carbocycles. The lowest BCUT2D eigenvalue weighted by Crippen LogP contribution is -2.52. The number of carbonyl (C=O) groups excluding carboxylic acids is 1. The fourth-order valence-corrected chi connectivity index (χ4v) is 4.99. The minimum Gasteiger partial charge on any atom is -0.369 e. The molecule has 0 N–H and O–H groups in total. The Morgan fingerprint density at radius 2 is 1.59 bits per heavy atom. The van der Waals surface area contributed by atoms with Crippen LogP contribution in [0.3, 0.4) is 0 Å². The number of sulfone groups is 1. The lowest BCUT2D eigenvalue weighted by atomic mass is 9.92. The van der Waals surface area contributed by atoms with Crippen molar-refractivity contribution in [3.63, 3.8) is 0 Å². The summed E-state index contributed by atoms with van der Waals surface area (Å²) in [6, 6.07) is 5.58. The molecular weight excluding hydrogens is 400 g/mol. The van der Waals surface area contributed by atoms with Crippen molar-refractivity contribution in [2.24, 2.45) is 11.8 Å². The zero-order valence-electron chi connectivity index (χ0n) is 16.9. The van der Waals surface area contributed by atoms with Gasteiger partial charge in [-0.2, -0.15) is 8.78 Å². The molecule has 2 atom stereocenters. The van der Waals surface area contributed by atoms with E-state index >= 15 is 0 Å². The number of anilines is 1. The van der Waals surface area contributed by atoms with Crippen LogP contribution in [0.1, 0.15) is 20.3 Å². The average Bonchev–Trinajstić information content (AvgIpc) is 2.68. The number of amides is 1. The highest BCUT2D eigenvalue weighted by atomic mass is 32.2. The molecule has 0 bridgehead atoms. The lowest BCUT2D eigenvalue weighted by Gasteiger charge is -2.39. The molecule has 2 unspecified atom stereocenters. The first-order valence-corrected chi connectivity index (χ1v) is 11.6. The number of rotatable bonds is 5. The third kappa shape index (κ3) is 5.25. The van der Waals surface area contributed by atoms with E-state index in [9.17, 15) is 22.0 Å². The van der Waals surface area contributed by atoms with Crippen molar-refractivity contribution >= 4 is 21.4 Å². The van der Waals surface area contributed by atoms with Gasteiger partial charge in [-0.05, 0) is 42.5 Å². The Labute approximate surface area is 171 Å². The summed E-state index contributed by atoms with van der Waals surface area (Å²) >= 11 is 0. The molecule has 1 amide bonds. The van der Waals surface area contributed by atoms with E-state index < -0.39 is 15.6 Å². The normalized spacial score (nSPS) is 24.2. The Bertz CT molecular complexity index is 799. The molecule has 0 aliphatic carbocycles. The maximum atomic E-state index is 12.6. The quantitative estimate of drug-likeness (QED) is 0.719. The van der Waals surface area contributed by atoms with Crippen molar-refractivity contribution in [2.75, 3.05) is 50.7 Å². The van der Waals surface area contributed by atoms with Crippen LogP contribution in [0.2, 0.25) is 0 Å². The Morgan fingerprint density at radius 1 is 1.03 bits per heavy atom. The van der Waals surface area contributed by atoms with Crippen LogP contribution in [-0.4, -0.2) is 75.7 Å². The number of piperazine rings is 1. The number of hydrogen-bond acceptors (Lipinski definition) is 5. The van der Waals surface area contributed by atoms with E-state index in [1.807, 2.05) is 4.90 Å². The summed E-state index contributed by atoms with van der Waals surface area (Å²) in [5.41, 5.74) is 0.794. The molecular formula is C20H29F2N3O3S. The summed E-state index contributed by atoms with van der Waals surface area (Å²) in [4.78, 5) is 18.5. The van der Waals surface area contributed by atoms with Gasteiger partial charge in [0.1, 0.15) is 0 Å². The van der Waals surface area contributed by atoms with Gasteiger partial charge in [-0.15, -0.1) is 0 Å². The Hall–Kier alpha value is -1.74. The first-order chi connectivity index (χ1) is 13.7. The van der Waals surface area contributed by atoms with Crippen LogP contribution in [0.15, 0.2) is 29.2 Å². The molecule has 2 heterocycles. The number of halogens is 2. The second-order valence-electron chi connectivity index (χ2n) is 8.31. The molecule has 2 fully saturated rings. The third-order valence-corrected chi connectivity index (χ3v) is 7.12. The van der Waals surface area contributed by atoms with Gasteiger partial charge in [0.05, 0.1) is 11.4 Å². The minimum absolute atomic E-state index is 0.179. The standard InChI is InChI=1S/C20H29F2N3O3S/c1-15-11-16(2)13-25(12-15)19(26)14-23-7-9-24(10-8-23)17-3-5-18(6-4-17)29(27,28)20(21)22/h3-6,15-16,20H,7-14H2,1-2H3. The molecule has 0 radical (unpaired) electrons. The van der Waals surface area contributed by atoms with Crippen LogP contribution < -0.4 is 4.90 Å². The van der Waals surface area contributed by atoms with Crippen molar-refractivity contribution in [1.29, 1.82) is 0 Å². The molecule has 2 aliphatic rings. The number of nitrogens with zero attached hydrogens (tertiary/aromatic N) is 3. The van der Waals surface area contributed by atoms with Gasteiger partial charge in [0.2, 0.25) is 15.7 Å².